The molecule has 2 fully saturated rings. The average molecular weight is 344 g/mol. The molecule has 2 saturated heterocycles. The number of rotatable bonds is 4. The number of aliphatic hydroxyl groups is 1. The maximum absolute atomic E-state index is 12.2. The molecule has 3 rings (SSSR count). The maximum Gasteiger partial charge on any atom is 0.297 e. The lowest BCUT2D eigenvalue weighted by atomic mass is 10.1. The second-order valence-electron chi connectivity index (χ2n) is 6.18. The van der Waals surface area contributed by atoms with Crippen LogP contribution in [-0.2, 0) is 28.5 Å². The molecular formula is C15H20O7S. The fourth-order valence-corrected chi connectivity index (χ4v) is 3.64. The van der Waals surface area contributed by atoms with E-state index in [1.807, 2.05) is 6.92 Å². The minimum atomic E-state index is -3.90. The summed E-state index contributed by atoms with van der Waals surface area (Å²) in [4.78, 5) is 0.0714. The minimum Gasteiger partial charge on any atom is -0.366 e. The Hall–Kier alpha value is -1.03. The van der Waals surface area contributed by atoms with Crippen LogP contribution in [0.4, 0.5) is 0 Å². The molecule has 2 heterocycles. The molecule has 0 saturated carbocycles. The van der Waals surface area contributed by atoms with Gasteiger partial charge in [0, 0.05) is 0 Å². The van der Waals surface area contributed by atoms with Gasteiger partial charge in [-0.3, -0.25) is 4.18 Å². The van der Waals surface area contributed by atoms with Crippen molar-refractivity contribution in [3.63, 3.8) is 0 Å². The molecule has 1 aromatic carbocycles. The second-order valence-corrected chi connectivity index (χ2v) is 7.80. The van der Waals surface area contributed by atoms with Crippen LogP contribution in [0.25, 0.3) is 0 Å². The Morgan fingerprint density at radius 1 is 1.17 bits per heavy atom. The molecular weight excluding hydrogens is 324 g/mol. The minimum absolute atomic E-state index is 0.0714. The molecule has 8 heteroatoms. The van der Waals surface area contributed by atoms with Gasteiger partial charge >= 0.3 is 0 Å². The van der Waals surface area contributed by atoms with E-state index >= 15 is 0 Å². The third kappa shape index (κ3) is 3.42. The zero-order valence-electron chi connectivity index (χ0n) is 13.1. The van der Waals surface area contributed by atoms with E-state index in [-0.39, 0.29) is 11.5 Å². The van der Waals surface area contributed by atoms with Gasteiger partial charge in [0.15, 0.2) is 12.1 Å². The molecule has 23 heavy (non-hydrogen) atoms. The molecule has 0 spiro atoms. The highest BCUT2D eigenvalue weighted by atomic mass is 32.2. The molecule has 1 N–H and O–H groups in total. The normalized spacial score (nSPS) is 32.9. The van der Waals surface area contributed by atoms with E-state index in [1.54, 1.807) is 26.0 Å². The average Bonchev–Trinajstić information content (AvgIpc) is 2.92. The van der Waals surface area contributed by atoms with Crippen LogP contribution in [0.1, 0.15) is 19.4 Å². The monoisotopic (exact) mass is 344 g/mol. The Kier molecular flexibility index (Phi) is 4.24. The molecule has 0 bridgehead atoms. The lowest BCUT2D eigenvalue weighted by Gasteiger charge is -2.22. The topological polar surface area (TPSA) is 91.3 Å². The van der Waals surface area contributed by atoms with Crippen molar-refractivity contribution in [3.8, 4) is 0 Å². The number of benzene rings is 1. The highest BCUT2D eigenvalue weighted by Crippen LogP contribution is 2.38. The van der Waals surface area contributed by atoms with E-state index in [0.717, 1.165) is 5.56 Å². The highest BCUT2D eigenvalue weighted by Gasteiger charge is 2.55. The van der Waals surface area contributed by atoms with Crippen molar-refractivity contribution in [2.24, 2.45) is 0 Å². The van der Waals surface area contributed by atoms with Gasteiger partial charge in [0.1, 0.15) is 18.3 Å². The summed E-state index contributed by atoms with van der Waals surface area (Å²) in [6, 6.07) is 6.35. The van der Waals surface area contributed by atoms with Gasteiger partial charge in [-0.2, -0.15) is 8.42 Å². The van der Waals surface area contributed by atoms with Crippen LogP contribution >= 0.6 is 0 Å². The summed E-state index contributed by atoms with van der Waals surface area (Å²) in [6.07, 6.45) is -3.12. The maximum atomic E-state index is 12.2. The predicted molar refractivity (Wildman–Crippen MR) is 79.0 cm³/mol. The number of hydrogen-bond donors (Lipinski definition) is 1. The van der Waals surface area contributed by atoms with Crippen molar-refractivity contribution >= 4 is 10.1 Å². The van der Waals surface area contributed by atoms with Gasteiger partial charge in [0.25, 0.3) is 10.1 Å². The van der Waals surface area contributed by atoms with E-state index in [2.05, 4.69) is 0 Å². The number of ether oxygens (including phenoxy) is 3. The lowest BCUT2D eigenvalue weighted by molar-refractivity contribution is -0.222. The van der Waals surface area contributed by atoms with Crippen molar-refractivity contribution in [3.05, 3.63) is 29.8 Å². The molecule has 0 radical (unpaired) electrons. The first-order chi connectivity index (χ1) is 10.7. The van der Waals surface area contributed by atoms with Gasteiger partial charge in [-0.15, -0.1) is 0 Å². The molecule has 1 aromatic rings. The zero-order chi connectivity index (χ0) is 16.8. The van der Waals surface area contributed by atoms with Gasteiger partial charge in [-0.25, -0.2) is 0 Å². The van der Waals surface area contributed by atoms with Crippen molar-refractivity contribution in [1.29, 1.82) is 0 Å². The number of aryl methyl sites for hydroxylation is 1. The first-order valence-corrected chi connectivity index (χ1v) is 8.74. The summed E-state index contributed by atoms with van der Waals surface area (Å²) in [5, 5.41) is 9.85. The Morgan fingerprint density at radius 3 is 2.43 bits per heavy atom. The summed E-state index contributed by atoms with van der Waals surface area (Å²) in [5.74, 6) is -0.853. The molecule has 0 aliphatic carbocycles. The number of aliphatic hydroxyl groups excluding tert-OH is 1. The smallest absolute Gasteiger partial charge is 0.297 e. The fourth-order valence-electron chi connectivity index (χ4n) is 2.72. The third-order valence-corrected chi connectivity index (χ3v) is 5.12. The second kappa shape index (κ2) is 5.80. The van der Waals surface area contributed by atoms with E-state index in [9.17, 15) is 13.5 Å². The van der Waals surface area contributed by atoms with Gasteiger partial charge in [-0.05, 0) is 32.9 Å². The zero-order valence-corrected chi connectivity index (χ0v) is 13.9. The van der Waals surface area contributed by atoms with Gasteiger partial charge in [-0.1, -0.05) is 17.7 Å². The predicted octanol–water partition coefficient (Wildman–Crippen LogP) is 0.938. The fraction of sp³-hybridized carbons (Fsp3) is 0.600. The summed E-state index contributed by atoms with van der Waals surface area (Å²) in [5.41, 5.74) is 0.952. The molecule has 0 amide bonds. The van der Waals surface area contributed by atoms with E-state index in [0.29, 0.717) is 0 Å². The van der Waals surface area contributed by atoms with Gasteiger partial charge in [0.05, 0.1) is 11.5 Å². The van der Waals surface area contributed by atoms with Crippen LogP contribution in [0.2, 0.25) is 0 Å². The largest absolute Gasteiger partial charge is 0.366 e. The van der Waals surface area contributed by atoms with Crippen molar-refractivity contribution < 1.29 is 31.9 Å². The SMILES string of the molecule is Cc1ccc(S(=O)(=O)OC[C@H]2O[C@@H](O)[C@@H]3OC(C)(C)O[C@@H]32)cc1. The molecule has 2 aliphatic heterocycles. The Morgan fingerprint density at radius 2 is 1.78 bits per heavy atom. The standard InChI is InChI=1S/C15H20O7S/c1-9-4-6-10(7-5-9)23(17,18)19-8-11-12-13(14(16)20-11)22-15(2,3)21-12/h4-7,11-14,16H,8H2,1-3H3/t11-,12-,13-,14-/m1/s1. The number of hydrogen-bond acceptors (Lipinski definition) is 7. The van der Waals surface area contributed by atoms with Crippen LogP contribution < -0.4 is 0 Å². The van der Waals surface area contributed by atoms with Crippen molar-refractivity contribution in [2.75, 3.05) is 6.61 Å². The van der Waals surface area contributed by atoms with Crippen molar-refractivity contribution in [2.45, 2.75) is 56.1 Å². The Balaban J connectivity index is 1.67. The van der Waals surface area contributed by atoms with Crippen LogP contribution in [-0.4, -0.2) is 50.5 Å². The van der Waals surface area contributed by atoms with E-state index in [1.165, 1.54) is 12.1 Å². The summed E-state index contributed by atoms with van der Waals surface area (Å²) in [6.45, 7) is 5.05. The quantitative estimate of drug-likeness (QED) is 0.813. The first kappa shape index (κ1) is 16.8. The summed E-state index contributed by atoms with van der Waals surface area (Å²) >= 11 is 0. The van der Waals surface area contributed by atoms with Crippen LogP contribution in [0, 0.1) is 6.92 Å². The van der Waals surface area contributed by atoms with Crippen LogP contribution in [0.3, 0.4) is 0 Å². The molecule has 7 nitrogen and oxygen atoms in total. The third-order valence-electron chi connectivity index (χ3n) is 3.82. The van der Waals surface area contributed by atoms with Crippen LogP contribution in [0.15, 0.2) is 29.2 Å². The highest BCUT2D eigenvalue weighted by molar-refractivity contribution is 7.86. The molecule has 0 unspecified atom stereocenters. The van der Waals surface area contributed by atoms with Gasteiger partial charge < -0.3 is 19.3 Å². The number of fused-ring (bicyclic) bond motifs is 1. The Bertz CT molecular complexity index is 668. The molecule has 4 atom stereocenters. The lowest BCUT2D eigenvalue weighted by Crippen LogP contribution is -2.33. The summed E-state index contributed by atoms with van der Waals surface area (Å²) < 4.78 is 45.9. The van der Waals surface area contributed by atoms with E-state index < -0.39 is 40.5 Å². The first-order valence-electron chi connectivity index (χ1n) is 7.33. The molecule has 2 aliphatic rings. The summed E-state index contributed by atoms with van der Waals surface area (Å²) in [7, 11) is -3.90. The van der Waals surface area contributed by atoms with Crippen LogP contribution in [0.5, 0.6) is 0 Å². The Labute approximate surface area is 135 Å². The molecule has 128 valence electrons. The van der Waals surface area contributed by atoms with Gasteiger partial charge in [0.2, 0.25) is 0 Å². The van der Waals surface area contributed by atoms with Crippen molar-refractivity contribution in [1.82, 2.24) is 0 Å². The molecule has 0 aromatic heterocycles. The van der Waals surface area contributed by atoms with E-state index in [4.69, 9.17) is 18.4 Å².